The van der Waals surface area contributed by atoms with Crippen LogP contribution in [0.4, 0.5) is 10.1 Å². The van der Waals surface area contributed by atoms with E-state index in [0.717, 1.165) is 66.1 Å². The standard InChI is InChI=1S/C27H26ClN7O3S2/c1-14(8-9-16-6-4-10-38-16)31-23(29)21-24(36)34-40-25(21)33-27-30-12-20(39-27)26(37)35-13-17(28)22-19(35)11-15-5-2-3-7-18(15)32-22/h2-3,5,7,11-14,16H,4,6,8-10H2,1H3,(H2,29,31)(H,30,33)(H,34,36). The van der Waals surface area contributed by atoms with Gasteiger partial charge in [0.15, 0.2) is 5.13 Å². The molecule has 206 valence electrons. The number of thiazole rings is 1. The molecule has 1 aromatic carbocycles. The number of H-pyrrole nitrogens is 1. The van der Waals surface area contributed by atoms with E-state index in [4.69, 9.17) is 22.1 Å². The number of aromatic nitrogens is 4. The summed E-state index contributed by atoms with van der Waals surface area (Å²) in [6.07, 6.45) is 7.23. The van der Waals surface area contributed by atoms with Crippen LogP contribution in [0.25, 0.3) is 21.9 Å². The molecule has 0 spiro atoms. The summed E-state index contributed by atoms with van der Waals surface area (Å²) < 4.78 is 9.88. The zero-order valence-electron chi connectivity index (χ0n) is 21.5. The number of hydrogen-bond donors (Lipinski definition) is 3. The van der Waals surface area contributed by atoms with E-state index in [-0.39, 0.29) is 35.0 Å². The molecule has 1 saturated heterocycles. The highest BCUT2D eigenvalue weighted by molar-refractivity contribution is 7.18. The molecule has 1 fully saturated rings. The van der Waals surface area contributed by atoms with E-state index in [1.54, 1.807) is 6.20 Å². The van der Waals surface area contributed by atoms with Gasteiger partial charge in [0, 0.05) is 24.2 Å². The number of nitrogens with two attached hydrogens (primary N) is 1. The van der Waals surface area contributed by atoms with Crippen molar-refractivity contribution in [2.45, 2.75) is 44.8 Å². The van der Waals surface area contributed by atoms with Gasteiger partial charge in [-0.25, -0.2) is 9.97 Å². The van der Waals surface area contributed by atoms with E-state index < -0.39 is 0 Å². The molecular formula is C27H26ClN7O3S2. The summed E-state index contributed by atoms with van der Waals surface area (Å²) in [4.78, 5) is 40.0. The number of carbonyl (C=O) groups excluding carboxylic acids is 1. The molecule has 0 aliphatic carbocycles. The summed E-state index contributed by atoms with van der Waals surface area (Å²) in [5.41, 5.74) is 8.17. The fourth-order valence-corrected chi connectivity index (χ4v) is 6.61. The fourth-order valence-electron chi connectivity index (χ4n) is 4.81. The summed E-state index contributed by atoms with van der Waals surface area (Å²) in [7, 11) is 0. The van der Waals surface area contributed by atoms with Crippen LogP contribution in [0.5, 0.6) is 0 Å². The number of ether oxygens (including phenoxy) is 1. The van der Waals surface area contributed by atoms with Crippen LogP contribution in [0.2, 0.25) is 5.02 Å². The Kier molecular flexibility index (Phi) is 7.41. The van der Waals surface area contributed by atoms with Crippen LogP contribution in [0.15, 0.2) is 52.5 Å². The molecule has 0 bridgehead atoms. The SMILES string of the molecule is CC(CCC1CCCO1)N=C(N)c1c(Nc2ncc(C(=O)n3cc(Cl)c4nc5ccccc5cc43)s2)s[nH]c1=O. The minimum atomic E-state index is -0.332. The molecule has 40 heavy (non-hydrogen) atoms. The Morgan fingerprint density at radius 1 is 1.40 bits per heavy atom. The van der Waals surface area contributed by atoms with E-state index in [0.29, 0.717) is 31.1 Å². The number of aromatic amines is 1. The van der Waals surface area contributed by atoms with Gasteiger partial charge in [0.2, 0.25) is 0 Å². The highest BCUT2D eigenvalue weighted by Gasteiger charge is 2.21. The largest absolute Gasteiger partial charge is 0.383 e. The fraction of sp³-hybridized carbons (Fsp3) is 0.296. The third kappa shape index (κ3) is 5.27. The predicted octanol–water partition coefficient (Wildman–Crippen LogP) is 5.53. The van der Waals surface area contributed by atoms with Gasteiger partial charge in [-0.1, -0.05) is 41.1 Å². The Morgan fingerprint density at radius 3 is 3.08 bits per heavy atom. The van der Waals surface area contributed by atoms with Crippen LogP contribution >= 0.6 is 34.5 Å². The molecule has 0 saturated carbocycles. The maximum Gasteiger partial charge on any atom is 0.274 e. The number of nitrogens with one attached hydrogen (secondary N) is 2. The van der Waals surface area contributed by atoms with Crippen molar-refractivity contribution in [3.05, 3.63) is 68.5 Å². The maximum atomic E-state index is 13.5. The van der Waals surface area contributed by atoms with Crippen molar-refractivity contribution in [1.29, 1.82) is 0 Å². The highest BCUT2D eigenvalue weighted by atomic mass is 35.5. The molecule has 5 aromatic rings. The number of nitrogens with zero attached hydrogens (tertiary/aromatic N) is 4. The van der Waals surface area contributed by atoms with E-state index >= 15 is 0 Å². The maximum absolute atomic E-state index is 13.5. The molecule has 6 rings (SSSR count). The second kappa shape index (κ2) is 11.1. The number of hydrogen-bond acceptors (Lipinski definition) is 9. The molecule has 2 unspecified atom stereocenters. The third-order valence-corrected chi connectivity index (χ3v) is 8.81. The van der Waals surface area contributed by atoms with Crippen LogP contribution in [-0.2, 0) is 4.74 Å². The van der Waals surface area contributed by atoms with Gasteiger partial charge in [0.1, 0.15) is 26.8 Å². The van der Waals surface area contributed by atoms with Crippen LogP contribution in [-0.4, -0.2) is 49.4 Å². The number of amidine groups is 1. The quantitative estimate of drug-likeness (QED) is 0.158. The Hall–Kier alpha value is -3.58. The molecule has 4 N–H and O–H groups in total. The number of pyridine rings is 1. The third-order valence-electron chi connectivity index (χ3n) is 6.83. The Balaban J connectivity index is 1.21. The molecule has 4 aromatic heterocycles. The average molecular weight is 596 g/mol. The molecule has 0 amide bonds. The van der Waals surface area contributed by atoms with Crippen LogP contribution in [0, 0.1) is 0 Å². The smallest absolute Gasteiger partial charge is 0.274 e. The minimum absolute atomic E-state index is 0.0599. The normalized spacial score (nSPS) is 16.6. The molecule has 2 atom stereocenters. The number of anilines is 2. The van der Waals surface area contributed by atoms with Crippen molar-refractivity contribution < 1.29 is 9.53 Å². The zero-order chi connectivity index (χ0) is 27.8. The molecule has 5 heterocycles. The summed E-state index contributed by atoms with van der Waals surface area (Å²) in [5, 5.41) is 5.34. The lowest BCUT2D eigenvalue weighted by atomic mass is 10.1. The van der Waals surface area contributed by atoms with Gasteiger partial charge in [-0.2, -0.15) is 0 Å². The lowest BCUT2D eigenvalue weighted by Gasteiger charge is -2.12. The van der Waals surface area contributed by atoms with Crippen molar-refractivity contribution in [2.24, 2.45) is 10.7 Å². The zero-order valence-corrected chi connectivity index (χ0v) is 23.9. The van der Waals surface area contributed by atoms with Crippen molar-refractivity contribution in [3.8, 4) is 0 Å². The number of aliphatic imine (C=N–C) groups is 1. The van der Waals surface area contributed by atoms with Crippen molar-refractivity contribution in [2.75, 3.05) is 11.9 Å². The van der Waals surface area contributed by atoms with Crippen molar-refractivity contribution in [3.63, 3.8) is 0 Å². The van der Waals surface area contributed by atoms with Gasteiger partial charge in [-0.05, 0) is 56.3 Å². The molecule has 1 aliphatic rings. The Bertz CT molecular complexity index is 1800. The summed E-state index contributed by atoms with van der Waals surface area (Å²) in [6.45, 7) is 2.79. The van der Waals surface area contributed by atoms with Gasteiger partial charge < -0.3 is 15.8 Å². The lowest BCUT2D eigenvalue weighted by molar-refractivity contribution is 0.0968. The summed E-state index contributed by atoms with van der Waals surface area (Å²) >= 11 is 8.70. The first-order chi connectivity index (χ1) is 19.4. The number of rotatable bonds is 8. The molecule has 0 radical (unpaired) electrons. The molecule has 13 heteroatoms. The van der Waals surface area contributed by atoms with Gasteiger partial charge >= 0.3 is 0 Å². The number of halogens is 1. The van der Waals surface area contributed by atoms with Crippen molar-refractivity contribution >= 4 is 78.3 Å². The first-order valence-electron chi connectivity index (χ1n) is 12.9. The van der Waals surface area contributed by atoms with Gasteiger partial charge in [-0.15, -0.1) is 0 Å². The van der Waals surface area contributed by atoms with Crippen molar-refractivity contribution in [1.82, 2.24) is 18.9 Å². The lowest BCUT2D eigenvalue weighted by Crippen LogP contribution is -2.24. The second-order valence-corrected chi connectivity index (χ2v) is 11.9. The van der Waals surface area contributed by atoms with Crippen LogP contribution in [0.3, 0.4) is 0 Å². The average Bonchev–Trinajstić information content (AvgIpc) is 3.75. The topological polar surface area (TPSA) is 140 Å². The molecule has 10 nitrogen and oxygen atoms in total. The number of para-hydroxylation sites is 1. The number of benzene rings is 1. The van der Waals surface area contributed by atoms with Crippen LogP contribution in [0.1, 0.15) is 47.8 Å². The van der Waals surface area contributed by atoms with Gasteiger partial charge in [0.25, 0.3) is 11.5 Å². The molecule has 1 aliphatic heterocycles. The summed E-state index contributed by atoms with van der Waals surface area (Å²) in [6, 6.07) is 9.50. The van der Waals surface area contributed by atoms with E-state index in [9.17, 15) is 9.59 Å². The molecular weight excluding hydrogens is 570 g/mol. The Labute approximate surface area is 242 Å². The highest BCUT2D eigenvalue weighted by Crippen LogP contribution is 2.31. The predicted molar refractivity (Wildman–Crippen MR) is 161 cm³/mol. The van der Waals surface area contributed by atoms with Gasteiger partial charge in [-0.3, -0.25) is 23.5 Å². The van der Waals surface area contributed by atoms with E-state index in [1.165, 1.54) is 10.8 Å². The van der Waals surface area contributed by atoms with Gasteiger partial charge in [0.05, 0.1) is 28.4 Å². The van der Waals surface area contributed by atoms with Crippen LogP contribution < -0.4 is 16.6 Å². The first kappa shape index (κ1) is 26.6. The number of fused-ring (bicyclic) bond motifs is 2. The second-order valence-electron chi connectivity index (χ2n) is 9.67. The first-order valence-corrected chi connectivity index (χ1v) is 14.9. The Morgan fingerprint density at radius 2 is 2.25 bits per heavy atom. The summed E-state index contributed by atoms with van der Waals surface area (Å²) in [5.74, 6) is -0.131. The minimum Gasteiger partial charge on any atom is -0.383 e. The number of carbonyl (C=O) groups is 1. The monoisotopic (exact) mass is 595 g/mol. The van der Waals surface area contributed by atoms with E-state index in [2.05, 4.69) is 24.7 Å². The van der Waals surface area contributed by atoms with E-state index in [1.807, 2.05) is 37.3 Å².